The highest BCUT2D eigenvalue weighted by Crippen LogP contribution is 2.19. The second-order valence-corrected chi connectivity index (χ2v) is 11.3. The molecule has 0 aliphatic rings. The number of methoxy groups -OCH3 is 2. The number of carbonyl (C=O) groups excluding carboxylic acids is 2. The quantitative estimate of drug-likeness (QED) is 0.413. The Hall–Kier alpha value is -2.80. The monoisotopic (exact) mass is 512 g/mol. The average molecular weight is 513 g/mol. The zero-order valence-corrected chi connectivity index (χ0v) is 21.1. The molecule has 0 aliphatic heterocycles. The lowest BCUT2D eigenvalue weighted by Crippen LogP contribution is -2.44. The van der Waals surface area contributed by atoms with Crippen LogP contribution in [0.3, 0.4) is 0 Å². The van der Waals surface area contributed by atoms with E-state index in [4.69, 9.17) is 0 Å². The Balaban J connectivity index is 2.40. The summed E-state index contributed by atoms with van der Waals surface area (Å²) in [5.41, 5.74) is 1.68. The molecule has 0 amide bonds. The third kappa shape index (κ3) is 6.86. The molecule has 0 aromatic heterocycles. The summed E-state index contributed by atoms with van der Waals surface area (Å²) in [4.78, 5) is 23.7. The molecule has 2 aromatic carbocycles. The molecule has 10 nitrogen and oxygen atoms in total. The van der Waals surface area contributed by atoms with Crippen LogP contribution in [0, 0.1) is 13.8 Å². The summed E-state index contributed by atoms with van der Waals surface area (Å²) in [5.74, 6) is -1.65. The van der Waals surface area contributed by atoms with E-state index in [0.717, 1.165) is 34.0 Å². The van der Waals surface area contributed by atoms with Gasteiger partial charge in [-0.05, 0) is 38.1 Å². The maximum atomic E-state index is 13.2. The first-order chi connectivity index (χ1) is 15.9. The van der Waals surface area contributed by atoms with Crippen LogP contribution in [0.15, 0.2) is 58.3 Å². The van der Waals surface area contributed by atoms with E-state index in [2.05, 4.69) is 9.47 Å². The number of nitrogens with zero attached hydrogens (tertiary/aromatic N) is 2. The van der Waals surface area contributed by atoms with Gasteiger partial charge < -0.3 is 9.47 Å². The van der Waals surface area contributed by atoms with E-state index in [1.165, 1.54) is 24.3 Å². The first-order valence-electron chi connectivity index (χ1n) is 10.2. The molecule has 0 heterocycles. The van der Waals surface area contributed by atoms with Crippen molar-refractivity contribution in [3.05, 3.63) is 59.7 Å². The zero-order chi connectivity index (χ0) is 25.5. The molecule has 0 atom stereocenters. The Bertz CT molecular complexity index is 1110. The van der Waals surface area contributed by atoms with Crippen molar-refractivity contribution in [2.45, 2.75) is 23.6 Å². The minimum atomic E-state index is -4.17. The molecule has 186 valence electrons. The van der Waals surface area contributed by atoms with Crippen molar-refractivity contribution in [3.63, 3.8) is 0 Å². The predicted octanol–water partition coefficient (Wildman–Crippen LogP) is 1.33. The lowest BCUT2D eigenvalue weighted by molar-refractivity contribution is -0.142. The SMILES string of the molecule is COC(=O)CN(CCN(CC(=O)OC)S(=O)(=O)c1ccc(C)cc1)S(=O)(=O)c1ccc(C)cc1. The van der Waals surface area contributed by atoms with Crippen molar-refractivity contribution in [2.24, 2.45) is 0 Å². The highest BCUT2D eigenvalue weighted by Gasteiger charge is 2.31. The first kappa shape index (κ1) is 27.4. The summed E-state index contributed by atoms with van der Waals surface area (Å²) in [6.07, 6.45) is 0. The molecule has 0 saturated carbocycles. The molecule has 0 fully saturated rings. The standard InChI is InChI=1S/C22H28N2O8S2/c1-17-5-9-19(10-6-17)33(27,28)23(15-21(25)31-3)13-14-24(16-22(26)32-4)34(29,30)20-11-7-18(2)8-12-20/h5-12H,13-16H2,1-4H3. The van der Waals surface area contributed by atoms with Crippen LogP contribution in [-0.4, -0.2) is 77.8 Å². The summed E-state index contributed by atoms with van der Waals surface area (Å²) in [5, 5.41) is 0. The fourth-order valence-corrected chi connectivity index (χ4v) is 5.68. The molecule has 0 aliphatic carbocycles. The minimum absolute atomic E-state index is 0.0667. The van der Waals surface area contributed by atoms with Gasteiger partial charge >= 0.3 is 11.9 Å². The van der Waals surface area contributed by atoms with Crippen LogP contribution in [0.25, 0.3) is 0 Å². The highest BCUT2D eigenvalue weighted by molar-refractivity contribution is 7.89. The second kappa shape index (κ2) is 11.6. The van der Waals surface area contributed by atoms with E-state index < -0.39 is 58.2 Å². The Morgan fingerprint density at radius 3 is 1.21 bits per heavy atom. The van der Waals surface area contributed by atoms with E-state index in [-0.39, 0.29) is 9.79 Å². The van der Waals surface area contributed by atoms with Gasteiger partial charge in [0.25, 0.3) is 0 Å². The Labute approximate surface area is 200 Å². The van der Waals surface area contributed by atoms with E-state index in [0.29, 0.717) is 0 Å². The van der Waals surface area contributed by atoms with Crippen molar-refractivity contribution in [3.8, 4) is 0 Å². The average Bonchev–Trinajstić information content (AvgIpc) is 2.80. The number of carbonyl (C=O) groups is 2. The van der Waals surface area contributed by atoms with Crippen LogP contribution in [0.5, 0.6) is 0 Å². The number of hydrogen-bond donors (Lipinski definition) is 0. The molecule has 12 heteroatoms. The first-order valence-corrected chi connectivity index (χ1v) is 13.1. The van der Waals surface area contributed by atoms with Crippen LogP contribution in [0.1, 0.15) is 11.1 Å². The van der Waals surface area contributed by atoms with Gasteiger partial charge in [-0.3, -0.25) is 9.59 Å². The number of ether oxygens (including phenoxy) is 2. The molecule has 2 rings (SSSR count). The lowest BCUT2D eigenvalue weighted by atomic mass is 10.2. The van der Waals surface area contributed by atoms with Crippen molar-refractivity contribution in [1.82, 2.24) is 8.61 Å². The van der Waals surface area contributed by atoms with Gasteiger partial charge in [0.15, 0.2) is 0 Å². The van der Waals surface area contributed by atoms with E-state index in [1.54, 1.807) is 38.1 Å². The van der Waals surface area contributed by atoms with Gasteiger partial charge in [-0.1, -0.05) is 35.4 Å². The van der Waals surface area contributed by atoms with Gasteiger partial charge in [-0.2, -0.15) is 8.61 Å². The maximum Gasteiger partial charge on any atom is 0.321 e. The van der Waals surface area contributed by atoms with Crippen molar-refractivity contribution in [1.29, 1.82) is 0 Å². The Morgan fingerprint density at radius 2 is 0.941 bits per heavy atom. The fraction of sp³-hybridized carbons (Fsp3) is 0.364. The number of rotatable bonds is 11. The third-order valence-corrected chi connectivity index (χ3v) is 8.70. The van der Waals surface area contributed by atoms with E-state index >= 15 is 0 Å². The topological polar surface area (TPSA) is 127 Å². The number of esters is 2. The normalized spacial score (nSPS) is 12.1. The Morgan fingerprint density at radius 1 is 0.647 bits per heavy atom. The molecule has 34 heavy (non-hydrogen) atoms. The molecule has 0 unspecified atom stereocenters. The molecular weight excluding hydrogens is 484 g/mol. The zero-order valence-electron chi connectivity index (χ0n) is 19.4. The smallest absolute Gasteiger partial charge is 0.321 e. The van der Waals surface area contributed by atoms with Crippen LogP contribution in [0.2, 0.25) is 0 Å². The predicted molar refractivity (Wildman–Crippen MR) is 124 cm³/mol. The maximum absolute atomic E-state index is 13.2. The number of hydrogen-bond acceptors (Lipinski definition) is 8. The van der Waals surface area contributed by atoms with Crippen LogP contribution in [0.4, 0.5) is 0 Å². The molecule has 0 saturated heterocycles. The largest absolute Gasteiger partial charge is 0.468 e. The Kier molecular flexibility index (Phi) is 9.33. The van der Waals surface area contributed by atoms with Crippen molar-refractivity contribution >= 4 is 32.0 Å². The highest BCUT2D eigenvalue weighted by atomic mass is 32.2. The third-order valence-electron chi connectivity index (χ3n) is 4.98. The number of aryl methyl sites for hydroxylation is 2. The summed E-state index contributed by atoms with van der Waals surface area (Å²) >= 11 is 0. The summed E-state index contributed by atoms with van der Waals surface area (Å²) in [6.45, 7) is 1.50. The molecule has 0 spiro atoms. The second-order valence-electron chi connectivity index (χ2n) is 7.46. The van der Waals surface area contributed by atoms with Crippen molar-refractivity contribution < 1.29 is 35.9 Å². The van der Waals surface area contributed by atoms with Crippen LogP contribution in [-0.2, 0) is 39.1 Å². The van der Waals surface area contributed by atoms with Crippen molar-refractivity contribution in [2.75, 3.05) is 40.4 Å². The fourth-order valence-electron chi connectivity index (χ4n) is 2.93. The van der Waals surface area contributed by atoms with Gasteiger partial charge in [0, 0.05) is 13.1 Å². The molecular formula is C22H28N2O8S2. The van der Waals surface area contributed by atoms with Gasteiger partial charge in [0.2, 0.25) is 20.0 Å². The number of benzene rings is 2. The summed E-state index contributed by atoms with van der Waals surface area (Å²) in [7, 11) is -6.12. The van der Waals surface area contributed by atoms with E-state index in [9.17, 15) is 26.4 Å². The van der Waals surface area contributed by atoms with E-state index in [1.807, 2.05) is 0 Å². The summed E-state index contributed by atoms with van der Waals surface area (Å²) < 4.78 is 63.7. The van der Waals surface area contributed by atoms with Crippen LogP contribution >= 0.6 is 0 Å². The molecule has 0 radical (unpaired) electrons. The summed E-state index contributed by atoms with van der Waals surface area (Å²) in [6, 6.07) is 12.0. The lowest BCUT2D eigenvalue weighted by Gasteiger charge is -2.26. The number of sulfonamides is 2. The van der Waals surface area contributed by atoms with Gasteiger partial charge in [0.1, 0.15) is 13.1 Å². The van der Waals surface area contributed by atoms with Gasteiger partial charge in [-0.15, -0.1) is 0 Å². The molecule has 0 bridgehead atoms. The van der Waals surface area contributed by atoms with Gasteiger partial charge in [-0.25, -0.2) is 16.8 Å². The molecule has 0 N–H and O–H groups in total. The van der Waals surface area contributed by atoms with Gasteiger partial charge in [0.05, 0.1) is 24.0 Å². The van der Waals surface area contributed by atoms with Crippen LogP contribution < -0.4 is 0 Å². The molecule has 2 aromatic rings. The minimum Gasteiger partial charge on any atom is -0.468 e.